The van der Waals surface area contributed by atoms with Crippen LogP contribution < -0.4 is 9.62 Å². The van der Waals surface area contributed by atoms with Gasteiger partial charge in [-0.2, -0.15) is 11.8 Å². The minimum absolute atomic E-state index is 0.166. The van der Waals surface area contributed by atoms with E-state index in [1.54, 1.807) is 36.0 Å². The minimum Gasteiger partial charge on any atom is -0.351 e. The Morgan fingerprint density at radius 3 is 2.03 bits per heavy atom. The smallest absolute Gasteiger partial charge is 0.251 e. The lowest BCUT2D eigenvalue weighted by molar-refractivity contribution is 0.0956. The second kappa shape index (κ2) is 11.0. The van der Waals surface area contributed by atoms with Crippen molar-refractivity contribution in [1.29, 1.82) is 0 Å². The fraction of sp³-hybridized carbons (Fsp3) is 0.208. The van der Waals surface area contributed by atoms with E-state index in [9.17, 15) is 13.2 Å². The van der Waals surface area contributed by atoms with Gasteiger partial charge in [0.25, 0.3) is 5.91 Å². The summed E-state index contributed by atoms with van der Waals surface area (Å²) in [6.07, 6.45) is 1.18. The third-order valence-electron chi connectivity index (χ3n) is 4.63. The first-order valence-electron chi connectivity index (χ1n) is 9.95. The van der Waals surface area contributed by atoms with Gasteiger partial charge in [-0.25, -0.2) is 8.42 Å². The maximum Gasteiger partial charge on any atom is 0.251 e. The number of nitrogens with zero attached hydrogens (tertiary/aromatic N) is 1. The summed E-state index contributed by atoms with van der Waals surface area (Å²) >= 11 is 1.77. The summed E-state index contributed by atoms with van der Waals surface area (Å²) in [7, 11) is -3.46. The number of amides is 1. The number of benzene rings is 3. The third kappa shape index (κ3) is 7.15. The van der Waals surface area contributed by atoms with E-state index in [0.29, 0.717) is 17.8 Å². The summed E-state index contributed by atoms with van der Waals surface area (Å²) in [5.41, 5.74) is 3.19. The molecule has 0 spiro atoms. The molecule has 0 heterocycles. The van der Waals surface area contributed by atoms with Gasteiger partial charge in [0.05, 0.1) is 18.5 Å². The topological polar surface area (TPSA) is 66.5 Å². The minimum atomic E-state index is -3.46. The molecule has 1 N–H and O–H groups in total. The summed E-state index contributed by atoms with van der Waals surface area (Å²) in [5, 5.41) is 2.91. The van der Waals surface area contributed by atoms with Crippen molar-refractivity contribution < 1.29 is 13.2 Å². The molecule has 162 valence electrons. The molecule has 0 aliphatic carbocycles. The molecule has 0 aromatic heterocycles. The molecule has 0 atom stereocenters. The van der Waals surface area contributed by atoms with E-state index in [4.69, 9.17) is 0 Å². The third-order valence-corrected chi connectivity index (χ3v) is 6.80. The Balaban J connectivity index is 1.54. The van der Waals surface area contributed by atoms with E-state index in [0.717, 1.165) is 17.1 Å². The first kappa shape index (κ1) is 22.9. The Morgan fingerprint density at radius 2 is 1.45 bits per heavy atom. The molecule has 0 aliphatic rings. The van der Waals surface area contributed by atoms with Crippen molar-refractivity contribution >= 4 is 33.4 Å². The van der Waals surface area contributed by atoms with Gasteiger partial charge in [-0.1, -0.05) is 60.7 Å². The van der Waals surface area contributed by atoms with Crippen LogP contribution in [0.2, 0.25) is 0 Å². The van der Waals surface area contributed by atoms with Gasteiger partial charge in [-0.3, -0.25) is 9.10 Å². The number of rotatable bonds is 10. The highest BCUT2D eigenvalue weighted by Crippen LogP contribution is 2.21. The maximum atomic E-state index is 12.4. The van der Waals surface area contributed by atoms with E-state index in [-0.39, 0.29) is 12.5 Å². The molecule has 0 unspecified atom stereocenters. The number of sulfonamides is 1. The molecule has 3 aromatic rings. The van der Waals surface area contributed by atoms with Crippen molar-refractivity contribution in [2.45, 2.75) is 12.3 Å². The van der Waals surface area contributed by atoms with Crippen LogP contribution in [0, 0.1) is 0 Å². The van der Waals surface area contributed by atoms with E-state index in [1.165, 1.54) is 16.1 Å². The Morgan fingerprint density at radius 1 is 0.871 bits per heavy atom. The first-order valence-corrected chi connectivity index (χ1v) is 13.0. The zero-order valence-electron chi connectivity index (χ0n) is 17.4. The molecule has 0 saturated carbocycles. The van der Waals surface area contributed by atoms with Crippen molar-refractivity contribution in [3.05, 3.63) is 102 Å². The van der Waals surface area contributed by atoms with E-state index >= 15 is 0 Å². The van der Waals surface area contributed by atoms with E-state index in [1.807, 2.05) is 48.5 Å². The van der Waals surface area contributed by atoms with Crippen LogP contribution in [-0.4, -0.2) is 32.9 Å². The molecule has 7 heteroatoms. The van der Waals surface area contributed by atoms with Crippen LogP contribution in [0.4, 0.5) is 5.69 Å². The number of carbonyl (C=O) groups is 1. The number of nitrogens with one attached hydrogen (secondary N) is 1. The lowest BCUT2D eigenvalue weighted by Gasteiger charge is -2.22. The second-order valence-electron chi connectivity index (χ2n) is 7.10. The van der Waals surface area contributed by atoms with Gasteiger partial charge in [-0.05, 0) is 35.4 Å². The van der Waals surface area contributed by atoms with Crippen LogP contribution in [-0.2, 0) is 22.3 Å². The largest absolute Gasteiger partial charge is 0.351 e. The summed E-state index contributed by atoms with van der Waals surface area (Å²) in [6, 6.07) is 26.3. The predicted octanol–water partition coefficient (Wildman–Crippen LogP) is 4.32. The molecule has 1 amide bonds. The molecular weight excluding hydrogens is 428 g/mol. The first-order chi connectivity index (χ1) is 14.9. The summed E-state index contributed by atoms with van der Waals surface area (Å²) in [5.74, 6) is 1.56. The SMILES string of the molecule is CS(=O)(=O)N(Cc1ccccc1)c1ccc(C(=O)NCCSCc2ccccc2)cc1. The Bertz CT molecular complexity index is 1070. The average molecular weight is 455 g/mol. The number of anilines is 1. The molecule has 0 fully saturated rings. The molecular formula is C24H26N2O3S2. The van der Waals surface area contributed by atoms with Gasteiger partial charge in [0.15, 0.2) is 0 Å². The van der Waals surface area contributed by atoms with Gasteiger partial charge in [0.1, 0.15) is 0 Å². The van der Waals surface area contributed by atoms with Crippen molar-refractivity contribution in [2.24, 2.45) is 0 Å². The zero-order chi connectivity index (χ0) is 22.1. The van der Waals surface area contributed by atoms with Crippen molar-refractivity contribution in [3.8, 4) is 0 Å². The van der Waals surface area contributed by atoms with Crippen molar-refractivity contribution in [2.75, 3.05) is 22.9 Å². The van der Waals surface area contributed by atoms with Gasteiger partial charge in [-0.15, -0.1) is 0 Å². The van der Waals surface area contributed by atoms with Crippen molar-refractivity contribution in [3.63, 3.8) is 0 Å². The predicted molar refractivity (Wildman–Crippen MR) is 129 cm³/mol. The van der Waals surface area contributed by atoms with Crippen LogP contribution in [0.5, 0.6) is 0 Å². The van der Waals surface area contributed by atoms with Crippen LogP contribution in [0.3, 0.4) is 0 Å². The van der Waals surface area contributed by atoms with Crippen LogP contribution in [0.15, 0.2) is 84.9 Å². The van der Waals surface area contributed by atoms with Crippen LogP contribution >= 0.6 is 11.8 Å². The van der Waals surface area contributed by atoms with E-state index < -0.39 is 10.0 Å². The van der Waals surface area contributed by atoms with Crippen LogP contribution in [0.1, 0.15) is 21.5 Å². The summed E-state index contributed by atoms with van der Waals surface area (Å²) < 4.78 is 25.9. The van der Waals surface area contributed by atoms with Crippen molar-refractivity contribution in [1.82, 2.24) is 5.32 Å². The summed E-state index contributed by atoms with van der Waals surface area (Å²) in [4.78, 5) is 12.4. The van der Waals surface area contributed by atoms with Gasteiger partial charge in [0.2, 0.25) is 10.0 Å². The molecule has 0 bridgehead atoms. The van der Waals surface area contributed by atoms with Gasteiger partial charge in [0, 0.05) is 23.6 Å². The molecule has 0 radical (unpaired) electrons. The van der Waals surface area contributed by atoms with Gasteiger partial charge >= 0.3 is 0 Å². The monoisotopic (exact) mass is 454 g/mol. The fourth-order valence-electron chi connectivity index (χ4n) is 3.03. The normalized spacial score (nSPS) is 11.1. The number of carbonyl (C=O) groups excluding carboxylic acids is 1. The molecule has 3 rings (SSSR count). The number of thioether (sulfide) groups is 1. The van der Waals surface area contributed by atoms with Crippen LogP contribution in [0.25, 0.3) is 0 Å². The Hall–Kier alpha value is -2.77. The second-order valence-corrected chi connectivity index (χ2v) is 10.1. The lowest BCUT2D eigenvalue weighted by Crippen LogP contribution is -2.29. The summed E-state index contributed by atoms with van der Waals surface area (Å²) in [6.45, 7) is 0.811. The Labute approximate surface area is 188 Å². The Kier molecular flexibility index (Phi) is 8.14. The fourth-order valence-corrected chi connectivity index (χ4v) is 4.74. The molecule has 0 saturated heterocycles. The highest BCUT2D eigenvalue weighted by Gasteiger charge is 2.18. The molecule has 5 nitrogen and oxygen atoms in total. The highest BCUT2D eigenvalue weighted by molar-refractivity contribution is 7.98. The van der Waals surface area contributed by atoms with Gasteiger partial charge < -0.3 is 5.32 Å². The average Bonchev–Trinajstić information content (AvgIpc) is 2.78. The highest BCUT2D eigenvalue weighted by atomic mass is 32.2. The van der Waals surface area contributed by atoms with E-state index in [2.05, 4.69) is 17.4 Å². The lowest BCUT2D eigenvalue weighted by atomic mass is 10.2. The molecule has 3 aromatic carbocycles. The number of hydrogen-bond donors (Lipinski definition) is 1. The number of hydrogen-bond acceptors (Lipinski definition) is 4. The quantitative estimate of drug-likeness (QED) is 0.464. The zero-order valence-corrected chi connectivity index (χ0v) is 19.0. The molecule has 0 aliphatic heterocycles. The molecule has 31 heavy (non-hydrogen) atoms. The maximum absolute atomic E-state index is 12.4. The standard InChI is InChI=1S/C24H26N2O3S2/c1-31(28,29)26(18-20-8-4-2-5-9-20)23-14-12-22(13-15-23)24(27)25-16-17-30-19-21-10-6-3-7-11-21/h2-15H,16-19H2,1H3,(H,25,27).